The zero-order valence-corrected chi connectivity index (χ0v) is 14.4. The van der Waals surface area contributed by atoms with E-state index in [9.17, 15) is 21.6 Å². The lowest BCUT2D eigenvalue weighted by molar-refractivity contribution is -0.136. The molecule has 0 aliphatic heterocycles. The van der Waals surface area contributed by atoms with Gasteiger partial charge in [0.15, 0.2) is 15.1 Å². The molecule has 0 aromatic carbocycles. The first-order valence-corrected chi connectivity index (χ1v) is 10.8. The Morgan fingerprint density at radius 2 is 1.33 bits per heavy atom. The molecule has 0 saturated heterocycles. The molecule has 0 aliphatic rings. The minimum absolute atomic E-state index is 0.106. The molecule has 0 amide bonds. The SMILES string of the molecule is CCS(=O)(=O)CCCCCCCCS(=O)(=O)C(C)C(=O)O. The Bertz CT molecular complexity index is 507. The monoisotopic (exact) mass is 342 g/mol. The third kappa shape index (κ3) is 9.08. The molecule has 1 unspecified atom stereocenters. The number of aliphatic carboxylic acids is 1. The molecule has 0 spiro atoms. The highest BCUT2D eigenvalue weighted by molar-refractivity contribution is 7.92. The zero-order chi connectivity index (χ0) is 16.5. The summed E-state index contributed by atoms with van der Waals surface area (Å²) < 4.78 is 45.7. The topological polar surface area (TPSA) is 106 Å². The van der Waals surface area contributed by atoms with E-state index in [0.29, 0.717) is 19.3 Å². The second-order valence-electron chi connectivity index (χ2n) is 5.21. The Morgan fingerprint density at radius 1 is 0.905 bits per heavy atom. The van der Waals surface area contributed by atoms with Crippen LogP contribution in [0.4, 0.5) is 0 Å². The third-order valence-electron chi connectivity index (χ3n) is 3.46. The Hall–Kier alpha value is -0.630. The van der Waals surface area contributed by atoms with E-state index < -0.39 is 30.9 Å². The van der Waals surface area contributed by atoms with Crippen molar-refractivity contribution in [3.8, 4) is 0 Å². The largest absolute Gasteiger partial charge is 0.480 e. The number of rotatable bonds is 12. The van der Waals surface area contributed by atoms with Gasteiger partial charge < -0.3 is 5.11 Å². The highest BCUT2D eigenvalue weighted by atomic mass is 32.2. The first-order chi connectivity index (χ1) is 9.62. The van der Waals surface area contributed by atoms with Gasteiger partial charge in [0, 0.05) is 5.75 Å². The minimum Gasteiger partial charge on any atom is -0.480 e. The van der Waals surface area contributed by atoms with Gasteiger partial charge in [0.25, 0.3) is 0 Å². The lowest BCUT2D eigenvalue weighted by Gasteiger charge is -2.08. The summed E-state index contributed by atoms with van der Waals surface area (Å²) in [6.07, 6.45) is 4.33. The number of unbranched alkanes of at least 4 members (excludes halogenated alkanes) is 5. The van der Waals surface area contributed by atoms with Crippen molar-refractivity contribution in [3.05, 3.63) is 0 Å². The van der Waals surface area contributed by atoms with Gasteiger partial charge >= 0.3 is 5.97 Å². The van der Waals surface area contributed by atoms with Gasteiger partial charge in [-0.3, -0.25) is 4.79 Å². The van der Waals surface area contributed by atoms with Crippen molar-refractivity contribution in [2.24, 2.45) is 0 Å². The van der Waals surface area contributed by atoms with Crippen LogP contribution in [-0.4, -0.2) is 50.4 Å². The molecule has 0 saturated carbocycles. The molecule has 0 fully saturated rings. The molecular formula is C13H26O6S2. The van der Waals surface area contributed by atoms with Gasteiger partial charge in [-0.15, -0.1) is 0 Å². The number of carboxylic acids is 1. The number of hydrogen-bond donors (Lipinski definition) is 1. The van der Waals surface area contributed by atoms with E-state index in [-0.39, 0.29) is 17.3 Å². The Balaban J connectivity index is 3.72. The number of carboxylic acid groups (broad SMARTS) is 1. The molecule has 0 bridgehead atoms. The van der Waals surface area contributed by atoms with Crippen LogP contribution in [0.25, 0.3) is 0 Å². The first-order valence-electron chi connectivity index (χ1n) is 7.27. The molecule has 1 atom stereocenters. The van der Waals surface area contributed by atoms with E-state index in [0.717, 1.165) is 19.3 Å². The smallest absolute Gasteiger partial charge is 0.321 e. The minimum atomic E-state index is -3.56. The zero-order valence-electron chi connectivity index (χ0n) is 12.7. The molecule has 0 rings (SSSR count). The molecule has 8 heteroatoms. The van der Waals surface area contributed by atoms with Gasteiger partial charge in [0.2, 0.25) is 0 Å². The van der Waals surface area contributed by atoms with Crippen LogP contribution in [0.1, 0.15) is 52.4 Å². The summed E-state index contributed by atoms with van der Waals surface area (Å²) in [6.45, 7) is 2.82. The summed E-state index contributed by atoms with van der Waals surface area (Å²) >= 11 is 0. The highest BCUT2D eigenvalue weighted by Crippen LogP contribution is 2.10. The van der Waals surface area contributed by atoms with Crippen molar-refractivity contribution in [1.82, 2.24) is 0 Å². The normalized spacial score (nSPS) is 14.0. The van der Waals surface area contributed by atoms with E-state index in [1.165, 1.54) is 6.92 Å². The summed E-state index contributed by atoms with van der Waals surface area (Å²) in [5.74, 6) is -1.03. The summed E-state index contributed by atoms with van der Waals surface area (Å²) in [7, 11) is -6.45. The molecule has 0 radical (unpaired) electrons. The van der Waals surface area contributed by atoms with Crippen molar-refractivity contribution in [2.75, 3.05) is 17.3 Å². The van der Waals surface area contributed by atoms with Gasteiger partial charge in [-0.1, -0.05) is 32.6 Å². The predicted octanol–water partition coefficient (Wildman–Crippen LogP) is 1.65. The maximum absolute atomic E-state index is 11.6. The van der Waals surface area contributed by atoms with Crippen molar-refractivity contribution in [1.29, 1.82) is 0 Å². The fourth-order valence-electron chi connectivity index (χ4n) is 1.81. The van der Waals surface area contributed by atoms with Crippen LogP contribution < -0.4 is 0 Å². The standard InChI is InChI=1S/C13H26O6S2/c1-3-20(16,17)10-8-6-4-5-7-9-11-21(18,19)12(2)13(14)15/h12H,3-11H2,1-2H3,(H,14,15). The van der Waals surface area contributed by atoms with Gasteiger partial charge in [-0.25, -0.2) is 16.8 Å². The first kappa shape index (κ1) is 20.4. The second kappa shape index (κ2) is 9.40. The Labute approximate surface area is 127 Å². The summed E-state index contributed by atoms with van der Waals surface area (Å²) in [6, 6.07) is 0. The lowest BCUT2D eigenvalue weighted by atomic mass is 10.1. The van der Waals surface area contributed by atoms with Crippen molar-refractivity contribution < 1.29 is 26.7 Å². The molecule has 0 aromatic heterocycles. The Morgan fingerprint density at radius 3 is 1.76 bits per heavy atom. The highest BCUT2D eigenvalue weighted by Gasteiger charge is 2.26. The van der Waals surface area contributed by atoms with E-state index in [4.69, 9.17) is 5.11 Å². The average Bonchev–Trinajstić information content (AvgIpc) is 2.40. The van der Waals surface area contributed by atoms with Gasteiger partial charge in [-0.05, 0) is 19.8 Å². The van der Waals surface area contributed by atoms with Gasteiger partial charge in [0.05, 0.1) is 11.5 Å². The van der Waals surface area contributed by atoms with Crippen LogP contribution in [0.15, 0.2) is 0 Å². The maximum atomic E-state index is 11.6. The fourth-order valence-corrected chi connectivity index (χ4v) is 4.01. The summed E-state index contributed by atoms with van der Waals surface area (Å²) in [5.41, 5.74) is 0. The van der Waals surface area contributed by atoms with E-state index >= 15 is 0 Å². The molecule has 21 heavy (non-hydrogen) atoms. The van der Waals surface area contributed by atoms with Crippen molar-refractivity contribution in [2.45, 2.75) is 57.6 Å². The molecule has 0 aliphatic carbocycles. The predicted molar refractivity (Wildman–Crippen MR) is 82.9 cm³/mol. The van der Waals surface area contributed by atoms with Crippen LogP contribution in [0.3, 0.4) is 0 Å². The van der Waals surface area contributed by atoms with Crippen molar-refractivity contribution >= 4 is 25.6 Å². The molecule has 126 valence electrons. The number of sulfone groups is 2. The van der Waals surface area contributed by atoms with Crippen LogP contribution in [0, 0.1) is 0 Å². The molecule has 6 nitrogen and oxygen atoms in total. The third-order valence-corrected chi connectivity index (χ3v) is 7.39. The summed E-state index contributed by atoms with van der Waals surface area (Å²) in [5, 5.41) is 7.32. The number of carbonyl (C=O) groups is 1. The van der Waals surface area contributed by atoms with E-state index in [2.05, 4.69) is 0 Å². The fraction of sp³-hybridized carbons (Fsp3) is 0.923. The molecule has 0 aromatic rings. The van der Waals surface area contributed by atoms with Crippen molar-refractivity contribution in [3.63, 3.8) is 0 Å². The quantitative estimate of drug-likeness (QED) is 0.541. The van der Waals surface area contributed by atoms with Gasteiger partial charge in [0.1, 0.15) is 9.84 Å². The van der Waals surface area contributed by atoms with Crippen LogP contribution >= 0.6 is 0 Å². The molecular weight excluding hydrogens is 316 g/mol. The number of hydrogen-bond acceptors (Lipinski definition) is 5. The second-order valence-corrected chi connectivity index (χ2v) is 10.1. The Kier molecular flexibility index (Phi) is 9.12. The lowest BCUT2D eigenvalue weighted by Crippen LogP contribution is -2.29. The van der Waals surface area contributed by atoms with Gasteiger partial charge in [-0.2, -0.15) is 0 Å². The molecule has 1 N–H and O–H groups in total. The van der Waals surface area contributed by atoms with Crippen LogP contribution in [0.2, 0.25) is 0 Å². The maximum Gasteiger partial charge on any atom is 0.321 e. The van der Waals surface area contributed by atoms with E-state index in [1.54, 1.807) is 6.92 Å². The average molecular weight is 342 g/mol. The van der Waals surface area contributed by atoms with Crippen LogP contribution in [-0.2, 0) is 24.5 Å². The molecule has 0 heterocycles. The summed E-state index contributed by atoms with van der Waals surface area (Å²) in [4.78, 5) is 10.6. The van der Waals surface area contributed by atoms with Crippen LogP contribution in [0.5, 0.6) is 0 Å². The van der Waals surface area contributed by atoms with E-state index in [1.807, 2.05) is 0 Å².